The highest BCUT2D eigenvalue weighted by molar-refractivity contribution is 6.15. The Morgan fingerprint density at radius 1 is 0.853 bits per heavy atom. The Morgan fingerprint density at radius 2 is 1.29 bits per heavy atom. The highest BCUT2D eigenvalue weighted by Crippen LogP contribution is 2.22. The maximum atomic E-state index is 9.51. The number of halogens is 1. The van der Waals surface area contributed by atoms with Crippen LogP contribution in [0.15, 0.2) is 0 Å². The van der Waals surface area contributed by atoms with E-state index in [0.29, 0.717) is 0 Å². The molecule has 2 unspecified atom stereocenters. The zero-order chi connectivity index (χ0) is 26.8. The molecule has 0 radical (unpaired) electrons. The van der Waals surface area contributed by atoms with Crippen LogP contribution < -0.4 is 0 Å². The van der Waals surface area contributed by atoms with Crippen LogP contribution in [0.5, 0.6) is 0 Å². The van der Waals surface area contributed by atoms with Gasteiger partial charge in [-0.3, -0.25) is 4.90 Å². The molecule has 0 aromatic heterocycles. The van der Waals surface area contributed by atoms with Crippen molar-refractivity contribution in [1.29, 1.82) is 0 Å². The lowest BCUT2D eigenvalue weighted by Gasteiger charge is -2.41. The minimum Gasteiger partial charge on any atom is -0.390 e. The number of hydrogen-bond donors (Lipinski definition) is 1. The number of likely N-dealkylation sites (tertiary alicyclic amines) is 2. The molecule has 2 rings (SSSR count). The molecule has 208 valence electrons. The van der Waals surface area contributed by atoms with Crippen molar-refractivity contribution < 1.29 is 5.11 Å². The van der Waals surface area contributed by atoms with E-state index in [2.05, 4.69) is 68.0 Å². The van der Waals surface area contributed by atoms with Crippen LogP contribution >= 0.6 is 11.6 Å². The summed E-state index contributed by atoms with van der Waals surface area (Å²) in [6.07, 6.45) is 12.2. The zero-order valence-electron chi connectivity index (χ0n) is 25.2. The van der Waals surface area contributed by atoms with Gasteiger partial charge in [0.15, 0.2) is 0 Å². The Bertz CT molecular complexity index is 436. The second-order valence-corrected chi connectivity index (χ2v) is 11.6. The van der Waals surface area contributed by atoms with Crippen LogP contribution in [0, 0.1) is 5.92 Å². The van der Waals surface area contributed by atoms with Gasteiger partial charge in [-0.2, -0.15) is 0 Å². The van der Waals surface area contributed by atoms with Gasteiger partial charge in [0.2, 0.25) is 0 Å². The Hall–Kier alpha value is 0.130. The van der Waals surface area contributed by atoms with Gasteiger partial charge in [-0.25, -0.2) is 0 Å². The lowest BCUT2D eigenvalue weighted by atomic mass is 9.94. The van der Waals surface area contributed by atoms with Gasteiger partial charge in [0.05, 0.1) is 5.60 Å². The third-order valence-corrected chi connectivity index (χ3v) is 7.26. The summed E-state index contributed by atoms with van der Waals surface area (Å²) in [5.74, 6) is 0.852. The van der Waals surface area contributed by atoms with Crippen molar-refractivity contribution in [3.8, 4) is 0 Å². The Labute approximate surface area is 220 Å². The molecule has 5 heteroatoms. The molecule has 2 aliphatic heterocycles. The molecule has 1 N–H and O–H groups in total. The fourth-order valence-corrected chi connectivity index (χ4v) is 4.36. The molecule has 0 amide bonds. The summed E-state index contributed by atoms with van der Waals surface area (Å²) in [5, 5.41) is 9.51. The van der Waals surface area contributed by atoms with E-state index in [9.17, 15) is 5.11 Å². The summed E-state index contributed by atoms with van der Waals surface area (Å²) < 4.78 is 0. The quantitative estimate of drug-likeness (QED) is 0.355. The topological polar surface area (TPSA) is 30.0 Å². The zero-order valence-corrected chi connectivity index (χ0v) is 26.0. The Balaban J connectivity index is 0. The normalized spacial score (nSPS) is 19.6. The molecule has 2 fully saturated rings. The lowest BCUT2D eigenvalue weighted by molar-refractivity contribution is 0.0484. The van der Waals surface area contributed by atoms with Crippen LogP contribution in [-0.2, 0) is 0 Å². The number of nitrogens with zero attached hydrogens (tertiary/aromatic N) is 3. The third kappa shape index (κ3) is 17.5. The van der Waals surface area contributed by atoms with E-state index in [0.717, 1.165) is 24.9 Å². The van der Waals surface area contributed by atoms with Crippen LogP contribution in [0.3, 0.4) is 0 Å². The summed E-state index contributed by atoms with van der Waals surface area (Å²) in [6.45, 7) is 26.7. The van der Waals surface area contributed by atoms with Crippen LogP contribution in [0.25, 0.3) is 0 Å². The van der Waals surface area contributed by atoms with Gasteiger partial charge in [0, 0.05) is 31.1 Å². The van der Waals surface area contributed by atoms with Crippen molar-refractivity contribution in [2.24, 2.45) is 5.92 Å². The second kappa shape index (κ2) is 20.2. The van der Waals surface area contributed by atoms with Gasteiger partial charge in [0.1, 0.15) is 0 Å². The van der Waals surface area contributed by atoms with E-state index in [-0.39, 0.29) is 5.54 Å². The van der Waals surface area contributed by atoms with E-state index in [4.69, 9.17) is 0 Å². The molecule has 2 saturated heterocycles. The predicted octanol–water partition coefficient (Wildman–Crippen LogP) is 7.13. The maximum Gasteiger partial charge on any atom is 0.0603 e. The minimum atomic E-state index is -0.542. The molecule has 2 aliphatic rings. The molecule has 0 bridgehead atoms. The van der Waals surface area contributed by atoms with Gasteiger partial charge < -0.3 is 14.9 Å². The molecule has 0 aromatic rings. The van der Waals surface area contributed by atoms with Crippen LogP contribution in [-0.4, -0.2) is 89.7 Å². The van der Waals surface area contributed by atoms with Gasteiger partial charge in [-0.05, 0) is 106 Å². The smallest absolute Gasteiger partial charge is 0.0603 e. The Kier molecular flexibility index (Phi) is 21.6. The van der Waals surface area contributed by atoms with Crippen molar-refractivity contribution in [2.75, 3.05) is 52.7 Å². The fourth-order valence-electron chi connectivity index (χ4n) is 4.36. The molecule has 0 spiro atoms. The molecule has 4 nitrogen and oxygen atoms in total. The van der Waals surface area contributed by atoms with E-state index in [1.807, 2.05) is 27.7 Å². The van der Waals surface area contributed by atoms with E-state index in [1.165, 1.54) is 84.1 Å². The first-order valence-electron chi connectivity index (χ1n) is 14.2. The number of piperidine rings is 2. The molecule has 0 aromatic carbocycles. The van der Waals surface area contributed by atoms with E-state index in [1.54, 1.807) is 0 Å². The minimum absolute atomic E-state index is 0.200. The Morgan fingerprint density at radius 3 is 1.68 bits per heavy atom. The van der Waals surface area contributed by atoms with Crippen molar-refractivity contribution >= 4 is 11.6 Å². The number of alkyl halides is 1. The van der Waals surface area contributed by atoms with Gasteiger partial charge in [-0.1, -0.05) is 47.0 Å². The van der Waals surface area contributed by atoms with Crippen molar-refractivity contribution in [2.45, 2.75) is 131 Å². The second-order valence-electron chi connectivity index (χ2n) is 11.6. The van der Waals surface area contributed by atoms with Crippen LogP contribution in [0.4, 0.5) is 0 Å². The average Bonchev–Trinajstić information content (AvgIpc) is 2.83. The molecular weight excluding hydrogens is 442 g/mol. The van der Waals surface area contributed by atoms with Gasteiger partial charge in [-0.15, -0.1) is 11.6 Å². The molecule has 34 heavy (non-hydrogen) atoms. The first kappa shape index (κ1) is 36.3. The predicted molar refractivity (Wildman–Crippen MR) is 155 cm³/mol. The average molecular weight is 506 g/mol. The SMILES string of the molecule is CC.CCC(C)C(CN1CCCCC1)N1CCCCC1.CCl.CN(CCC(C)(C)O)C(C)(C)C. The van der Waals surface area contributed by atoms with Crippen molar-refractivity contribution in [3.05, 3.63) is 0 Å². The first-order valence-corrected chi connectivity index (χ1v) is 15.0. The lowest BCUT2D eigenvalue weighted by Crippen LogP contribution is -2.50. The molecule has 0 saturated carbocycles. The summed E-state index contributed by atoms with van der Waals surface area (Å²) in [6, 6.07) is 0.813. The molecule has 0 aliphatic carbocycles. The maximum absolute atomic E-state index is 9.51. The van der Waals surface area contributed by atoms with Crippen LogP contribution in [0.2, 0.25) is 0 Å². The summed E-state index contributed by atoms with van der Waals surface area (Å²) in [7, 11) is 2.09. The summed E-state index contributed by atoms with van der Waals surface area (Å²) in [5.41, 5.74) is -0.342. The van der Waals surface area contributed by atoms with Gasteiger partial charge >= 0.3 is 0 Å². The molecule has 2 atom stereocenters. The molecule has 2 heterocycles. The summed E-state index contributed by atoms with van der Waals surface area (Å²) >= 11 is 4.64. The largest absolute Gasteiger partial charge is 0.390 e. The number of hydrogen-bond acceptors (Lipinski definition) is 4. The summed E-state index contributed by atoms with van der Waals surface area (Å²) in [4.78, 5) is 7.78. The van der Waals surface area contributed by atoms with Crippen molar-refractivity contribution in [1.82, 2.24) is 14.7 Å². The van der Waals surface area contributed by atoms with E-state index < -0.39 is 5.60 Å². The monoisotopic (exact) mass is 505 g/mol. The highest BCUT2D eigenvalue weighted by atomic mass is 35.5. The molecular formula is C29H64ClN3O. The number of aliphatic hydroxyl groups is 1. The van der Waals surface area contributed by atoms with Crippen LogP contribution in [0.1, 0.15) is 114 Å². The van der Waals surface area contributed by atoms with E-state index >= 15 is 0 Å². The first-order chi connectivity index (χ1) is 15.9. The standard InChI is InChI=1S/C16H32N2.C10H23NO.C2H6.CH3Cl/c1-3-15(2)16(18-12-8-5-9-13-18)14-17-10-6-4-7-11-17;1-9(2,3)11(6)8-7-10(4,5)12;2*1-2/h15-16H,3-14H2,1-2H3;12H,7-8H2,1-6H3;1-2H3;1H3. The number of rotatable bonds is 8. The fraction of sp³-hybridized carbons (Fsp3) is 1.00. The van der Waals surface area contributed by atoms with Crippen molar-refractivity contribution in [3.63, 3.8) is 0 Å². The van der Waals surface area contributed by atoms with Gasteiger partial charge in [0.25, 0.3) is 0 Å². The highest BCUT2D eigenvalue weighted by Gasteiger charge is 2.27. The third-order valence-electron chi connectivity index (χ3n) is 7.26.